The van der Waals surface area contributed by atoms with Gasteiger partial charge in [0.25, 0.3) is 0 Å². The van der Waals surface area contributed by atoms with Gasteiger partial charge in [-0.3, -0.25) is 4.79 Å². The summed E-state index contributed by atoms with van der Waals surface area (Å²) >= 11 is 2.78. The molecule has 2 heterocycles. The number of hydrogen-bond acceptors (Lipinski definition) is 3. The highest BCUT2D eigenvalue weighted by molar-refractivity contribution is 7.24. The van der Waals surface area contributed by atoms with Gasteiger partial charge in [0.05, 0.1) is 0 Å². The van der Waals surface area contributed by atoms with Crippen LogP contribution in [-0.4, -0.2) is 5.78 Å². The third kappa shape index (κ3) is 3.89. The van der Waals surface area contributed by atoms with Crippen LogP contribution in [0.3, 0.4) is 0 Å². The van der Waals surface area contributed by atoms with Gasteiger partial charge in [0.15, 0.2) is 11.6 Å². The Hall–Kier alpha value is -0.740. The summed E-state index contributed by atoms with van der Waals surface area (Å²) < 4.78 is 14.9. The number of Topliss-reactive ketones (excluding diaryl/α,β-unsaturated/α-hetero) is 1. The van der Waals surface area contributed by atoms with Crippen molar-refractivity contribution < 1.29 is 9.18 Å². The molecule has 0 amide bonds. The highest BCUT2D eigenvalue weighted by Crippen LogP contribution is 2.33. The molecule has 0 aliphatic carbocycles. The highest BCUT2D eigenvalue weighted by Gasteiger charge is 2.18. The molecule has 0 spiro atoms. The molecule has 0 bridgehead atoms. The topological polar surface area (TPSA) is 17.1 Å². The molecule has 0 atom stereocenters. The van der Waals surface area contributed by atoms with E-state index >= 15 is 0 Å². The molecule has 2 rings (SSSR count). The zero-order valence-electron chi connectivity index (χ0n) is 11.9. The van der Waals surface area contributed by atoms with E-state index in [1.54, 1.807) is 5.38 Å². The quantitative estimate of drug-likeness (QED) is 0.385. The van der Waals surface area contributed by atoms with E-state index < -0.39 is 0 Å². The molecule has 0 aromatic carbocycles. The SMILES string of the molecule is CCCCCCCCCC(=O)c1sc2cscc2c1F. The number of unbranched alkanes of at least 4 members (excludes halogenated alkanes) is 6. The Morgan fingerprint density at radius 1 is 1.10 bits per heavy atom. The van der Waals surface area contributed by atoms with Gasteiger partial charge in [-0.25, -0.2) is 4.39 Å². The van der Waals surface area contributed by atoms with Crippen LogP contribution in [0.25, 0.3) is 10.1 Å². The molecular formula is C16H21FOS2. The van der Waals surface area contributed by atoms with Crippen molar-refractivity contribution in [3.05, 3.63) is 21.5 Å². The van der Waals surface area contributed by atoms with Crippen LogP contribution in [0, 0.1) is 5.82 Å². The molecule has 0 N–H and O–H groups in total. The molecule has 0 saturated heterocycles. The van der Waals surface area contributed by atoms with E-state index in [4.69, 9.17) is 0 Å². The monoisotopic (exact) mass is 312 g/mol. The Morgan fingerprint density at radius 2 is 1.80 bits per heavy atom. The van der Waals surface area contributed by atoms with Crippen molar-refractivity contribution in [1.82, 2.24) is 0 Å². The van der Waals surface area contributed by atoms with Gasteiger partial charge < -0.3 is 0 Å². The third-order valence-electron chi connectivity index (χ3n) is 3.53. The van der Waals surface area contributed by atoms with Crippen molar-refractivity contribution in [2.24, 2.45) is 0 Å². The maximum Gasteiger partial charge on any atom is 0.175 e. The summed E-state index contributed by atoms with van der Waals surface area (Å²) in [6.45, 7) is 2.21. The Kier molecular flexibility index (Phi) is 6.17. The Bertz CT molecular complexity index is 556. The molecule has 0 saturated carbocycles. The van der Waals surface area contributed by atoms with Crippen LogP contribution in [0.4, 0.5) is 4.39 Å². The van der Waals surface area contributed by atoms with Crippen molar-refractivity contribution in [1.29, 1.82) is 0 Å². The standard InChI is InChI=1S/C16H21FOS2/c1-2-3-4-5-6-7-8-9-13(18)16-15(17)12-10-19-11-14(12)20-16/h10-11H,2-9H2,1H3. The fourth-order valence-corrected chi connectivity index (χ4v) is 4.35. The highest BCUT2D eigenvalue weighted by atomic mass is 32.1. The second-order valence-corrected chi connectivity index (χ2v) is 6.99. The lowest BCUT2D eigenvalue weighted by Gasteiger charge is -2.00. The average Bonchev–Trinajstić information content (AvgIpc) is 3.01. The van der Waals surface area contributed by atoms with Gasteiger partial charge in [-0.1, -0.05) is 45.4 Å². The Balaban J connectivity index is 1.75. The summed E-state index contributed by atoms with van der Waals surface area (Å²) in [7, 11) is 0. The summed E-state index contributed by atoms with van der Waals surface area (Å²) in [6, 6.07) is 0. The molecule has 20 heavy (non-hydrogen) atoms. The van der Waals surface area contributed by atoms with Gasteiger partial charge in [0.1, 0.15) is 4.88 Å². The second kappa shape index (κ2) is 7.89. The number of halogens is 1. The predicted octanol–water partition coefficient (Wildman–Crippen LogP) is 6.43. The summed E-state index contributed by atoms with van der Waals surface area (Å²) in [6.07, 6.45) is 8.74. The normalized spacial score (nSPS) is 11.3. The fraction of sp³-hybridized carbons (Fsp3) is 0.562. The number of fused-ring (bicyclic) bond motifs is 1. The minimum Gasteiger partial charge on any atom is -0.293 e. The predicted molar refractivity (Wildman–Crippen MR) is 86.6 cm³/mol. The molecule has 0 fully saturated rings. The summed E-state index contributed by atoms with van der Waals surface area (Å²) in [4.78, 5) is 12.4. The zero-order chi connectivity index (χ0) is 14.4. The molecule has 4 heteroatoms. The molecule has 0 unspecified atom stereocenters. The van der Waals surface area contributed by atoms with E-state index in [0.29, 0.717) is 16.7 Å². The number of hydrogen-bond donors (Lipinski definition) is 0. The fourth-order valence-electron chi connectivity index (χ4n) is 2.34. The van der Waals surface area contributed by atoms with Crippen LogP contribution in [0.2, 0.25) is 0 Å². The lowest BCUT2D eigenvalue weighted by Crippen LogP contribution is -1.98. The van der Waals surface area contributed by atoms with E-state index in [1.165, 1.54) is 54.8 Å². The maximum absolute atomic E-state index is 14.0. The summed E-state index contributed by atoms with van der Waals surface area (Å²) in [5, 5.41) is 4.31. The number of ketones is 1. The smallest absolute Gasteiger partial charge is 0.175 e. The second-order valence-electron chi connectivity index (χ2n) is 5.19. The number of carbonyl (C=O) groups is 1. The largest absolute Gasteiger partial charge is 0.293 e. The molecule has 1 nitrogen and oxygen atoms in total. The molecular weight excluding hydrogens is 291 g/mol. The Labute approximate surface area is 127 Å². The van der Waals surface area contributed by atoms with Crippen molar-refractivity contribution in [2.45, 2.75) is 58.3 Å². The minimum atomic E-state index is -0.306. The van der Waals surface area contributed by atoms with Crippen molar-refractivity contribution in [2.75, 3.05) is 0 Å². The van der Waals surface area contributed by atoms with Crippen LogP contribution in [0.15, 0.2) is 10.8 Å². The summed E-state index contributed by atoms with van der Waals surface area (Å²) in [5.41, 5.74) is 0. The van der Waals surface area contributed by atoms with Crippen LogP contribution < -0.4 is 0 Å². The first-order valence-corrected chi connectivity index (χ1v) is 9.17. The van der Waals surface area contributed by atoms with Gasteiger partial charge in [-0.2, -0.15) is 11.3 Å². The van der Waals surface area contributed by atoms with E-state index in [2.05, 4.69) is 6.92 Å². The van der Waals surface area contributed by atoms with E-state index in [1.807, 2.05) is 5.38 Å². The van der Waals surface area contributed by atoms with E-state index in [0.717, 1.165) is 17.5 Å². The first-order valence-electron chi connectivity index (χ1n) is 7.41. The van der Waals surface area contributed by atoms with Crippen LogP contribution in [0.5, 0.6) is 0 Å². The van der Waals surface area contributed by atoms with Gasteiger partial charge in [-0.15, -0.1) is 11.3 Å². The average molecular weight is 312 g/mol. The number of rotatable bonds is 9. The Morgan fingerprint density at radius 3 is 2.50 bits per heavy atom. The van der Waals surface area contributed by atoms with Gasteiger partial charge in [-0.05, 0) is 6.42 Å². The van der Waals surface area contributed by atoms with Crippen LogP contribution in [0.1, 0.15) is 68.0 Å². The van der Waals surface area contributed by atoms with Gasteiger partial charge in [0.2, 0.25) is 0 Å². The molecule has 2 aromatic heterocycles. The molecule has 0 aliphatic heterocycles. The molecule has 110 valence electrons. The first-order chi connectivity index (χ1) is 9.74. The molecule has 0 aliphatic rings. The maximum atomic E-state index is 14.0. The van der Waals surface area contributed by atoms with Crippen LogP contribution in [-0.2, 0) is 0 Å². The molecule has 2 aromatic rings. The first kappa shape index (κ1) is 15.6. The van der Waals surface area contributed by atoms with Crippen molar-refractivity contribution >= 4 is 38.5 Å². The van der Waals surface area contributed by atoms with E-state index in [9.17, 15) is 9.18 Å². The lowest BCUT2D eigenvalue weighted by atomic mass is 10.1. The van der Waals surface area contributed by atoms with Gasteiger partial charge >= 0.3 is 0 Å². The molecule has 0 radical (unpaired) electrons. The van der Waals surface area contributed by atoms with Crippen molar-refractivity contribution in [3.63, 3.8) is 0 Å². The number of carbonyl (C=O) groups excluding carboxylic acids is 1. The summed E-state index contributed by atoms with van der Waals surface area (Å²) in [5.74, 6) is -0.332. The third-order valence-corrected chi connectivity index (χ3v) is 5.60. The minimum absolute atomic E-state index is 0.0257. The van der Waals surface area contributed by atoms with Crippen LogP contribution >= 0.6 is 22.7 Å². The lowest BCUT2D eigenvalue weighted by molar-refractivity contribution is 0.0979. The van der Waals surface area contributed by atoms with E-state index in [-0.39, 0.29) is 11.6 Å². The van der Waals surface area contributed by atoms with Crippen molar-refractivity contribution in [3.8, 4) is 0 Å². The zero-order valence-corrected chi connectivity index (χ0v) is 13.5. The number of thiophene rings is 2. The van der Waals surface area contributed by atoms with Gasteiger partial charge in [0, 0.05) is 27.3 Å².